The standard InChI is InChI=1S/C17H23N5O2S/c1-3-24-17(23)21-11-9-20(10-12-21)13-22-16(25)19(2)15(18-22)14-7-5-4-6-8-14/h4-8H,3,9-13H2,1-2H3. The quantitative estimate of drug-likeness (QED) is 0.783. The molecule has 25 heavy (non-hydrogen) atoms. The molecule has 8 heteroatoms. The van der Waals surface area contributed by atoms with E-state index in [9.17, 15) is 4.79 Å². The lowest BCUT2D eigenvalue weighted by atomic mass is 10.2. The SMILES string of the molecule is CCOC(=O)N1CCN(Cn2nc(-c3ccccc3)n(C)c2=S)CC1. The molecule has 1 aliphatic heterocycles. The van der Waals surface area contributed by atoms with E-state index in [4.69, 9.17) is 17.0 Å². The molecule has 0 radical (unpaired) electrons. The second-order valence-corrected chi connectivity index (χ2v) is 6.34. The summed E-state index contributed by atoms with van der Waals surface area (Å²) in [5, 5.41) is 4.69. The monoisotopic (exact) mass is 361 g/mol. The summed E-state index contributed by atoms with van der Waals surface area (Å²) in [5.74, 6) is 0.857. The molecule has 0 saturated carbocycles. The van der Waals surface area contributed by atoms with Gasteiger partial charge in [0.1, 0.15) is 0 Å². The van der Waals surface area contributed by atoms with Gasteiger partial charge >= 0.3 is 6.09 Å². The smallest absolute Gasteiger partial charge is 0.409 e. The van der Waals surface area contributed by atoms with Gasteiger partial charge in [-0.05, 0) is 19.1 Å². The van der Waals surface area contributed by atoms with E-state index in [-0.39, 0.29) is 6.09 Å². The lowest BCUT2D eigenvalue weighted by Crippen LogP contribution is -2.49. The summed E-state index contributed by atoms with van der Waals surface area (Å²) >= 11 is 5.53. The van der Waals surface area contributed by atoms with Gasteiger partial charge in [-0.3, -0.25) is 4.90 Å². The maximum atomic E-state index is 11.8. The summed E-state index contributed by atoms with van der Waals surface area (Å²) in [6, 6.07) is 10.0. The highest BCUT2D eigenvalue weighted by molar-refractivity contribution is 7.71. The number of rotatable bonds is 4. The number of benzene rings is 1. The molecular weight excluding hydrogens is 338 g/mol. The van der Waals surface area contributed by atoms with Gasteiger partial charge in [0.25, 0.3) is 0 Å². The van der Waals surface area contributed by atoms with Crippen molar-refractivity contribution in [3.8, 4) is 11.4 Å². The fourth-order valence-corrected chi connectivity index (χ4v) is 3.08. The zero-order chi connectivity index (χ0) is 17.8. The number of hydrogen-bond donors (Lipinski definition) is 0. The Labute approximate surface area is 152 Å². The van der Waals surface area contributed by atoms with Gasteiger partial charge < -0.3 is 14.2 Å². The van der Waals surface area contributed by atoms with Crippen molar-refractivity contribution in [2.75, 3.05) is 32.8 Å². The second-order valence-electron chi connectivity index (χ2n) is 5.98. The topological polar surface area (TPSA) is 55.5 Å². The Kier molecular flexibility index (Phi) is 5.50. The Morgan fingerprint density at radius 3 is 2.52 bits per heavy atom. The first-order valence-electron chi connectivity index (χ1n) is 8.43. The van der Waals surface area contributed by atoms with Crippen LogP contribution in [0.3, 0.4) is 0 Å². The van der Waals surface area contributed by atoms with Crippen LogP contribution in [0.2, 0.25) is 0 Å². The first kappa shape index (κ1) is 17.6. The van der Waals surface area contributed by atoms with Crippen molar-refractivity contribution in [1.82, 2.24) is 24.1 Å². The Balaban J connectivity index is 1.67. The summed E-state index contributed by atoms with van der Waals surface area (Å²) in [6.45, 7) is 5.71. The summed E-state index contributed by atoms with van der Waals surface area (Å²) in [6.07, 6.45) is -0.233. The third-order valence-electron chi connectivity index (χ3n) is 4.31. The van der Waals surface area contributed by atoms with Crippen LogP contribution in [-0.4, -0.2) is 63.0 Å². The molecule has 2 heterocycles. The molecule has 0 aliphatic carbocycles. The fraction of sp³-hybridized carbons (Fsp3) is 0.471. The summed E-state index contributed by atoms with van der Waals surface area (Å²) in [7, 11) is 1.94. The fourth-order valence-electron chi connectivity index (χ4n) is 2.89. The van der Waals surface area contributed by atoms with Crippen molar-refractivity contribution in [2.45, 2.75) is 13.6 Å². The minimum atomic E-state index is -0.233. The molecule has 0 bridgehead atoms. The predicted octanol–water partition coefficient (Wildman–Crippen LogP) is 2.35. The van der Waals surface area contributed by atoms with E-state index in [1.54, 1.807) is 4.90 Å². The number of aromatic nitrogens is 3. The summed E-state index contributed by atoms with van der Waals surface area (Å²) in [5.41, 5.74) is 1.04. The van der Waals surface area contributed by atoms with Gasteiger partial charge in [0.05, 0.1) is 13.3 Å². The van der Waals surface area contributed by atoms with Crippen LogP contribution in [0.5, 0.6) is 0 Å². The van der Waals surface area contributed by atoms with Gasteiger partial charge in [0.2, 0.25) is 0 Å². The van der Waals surface area contributed by atoms with Crippen molar-refractivity contribution >= 4 is 18.3 Å². The third kappa shape index (κ3) is 3.91. The molecular formula is C17H23N5O2S. The van der Waals surface area contributed by atoms with Gasteiger partial charge in [-0.15, -0.1) is 0 Å². The van der Waals surface area contributed by atoms with Crippen LogP contribution in [0.1, 0.15) is 6.92 Å². The number of ether oxygens (including phenoxy) is 1. The van der Waals surface area contributed by atoms with Crippen LogP contribution in [0, 0.1) is 4.77 Å². The third-order valence-corrected chi connectivity index (χ3v) is 4.79. The number of piperazine rings is 1. The van der Waals surface area contributed by atoms with E-state index in [0.717, 1.165) is 24.5 Å². The Morgan fingerprint density at radius 2 is 1.88 bits per heavy atom. The van der Waals surface area contributed by atoms with Crippen molar-refractivity contribution in [1.29, 1.82) is 0 Å². The van der Waals surface area contributed by atoms with Gasteiger partial charge in [-0.2, -0.15) is 5.10 Å². The molecule has 1 aromatic heterocycles. The van der Waals surface area contributed by atoms with Crippen LogP contribution in [-0.2, 0) is 18.5 Å². The Morgan fingerprint density at radius 1 is 1.20 bits per heavy atom. The predicted molar refractivity (Wildman–Crippen MR) is 97.6 cm³/mol. The van der Waals surface area contributed by atoms with Crippen molar-refractivity contribution in [3.63, 3.8) is 0 Å². The minimum Gasteiger partial charge on any atom is -0.450 e. The molecule has 1 aromatic carbocycles. The van der Waals surface area contributed by atoms with E-state index < -0.39 is 0 Å². The van der Waals surface area contributed by atoms with Gasteiger partial charge in [-0.1, -0.05) is 30.3 Å². The minimum absolute atomic E-state index is 0.233. The molecule has 0 N–H and O–H groups in total. The van der Waals surface area contributed by atoms with Crippen LogP contribution in [0.4, 0.5) is 4.79 Å². The molecule has 1 saturated heterocycles. The highest BCUT2D eigenvalue weighted by atomic mass is 32.1. The van der Waals surface area contributed by atoms with Crippen LogP contribution in [0.25, 0.3) is 11.4 Å². The zero-order valence-electron chi connectivity index (χ0n) is 14.6. The average Bonchev–Trinajstić information content (AvgIpc) is 2.92. The highest BCUT2D eigenvalue weighted by Crippen LogP contribution is 2.17. The number of hydrogen-bond acceptors (Lipinski definition) is 5. The molecule has 2 aromatic rings. The average molecular weight is 361 g/mol. The van der Waals surface area contributed by atoms with Gasteiger partial charge in [0, 0.05) is 38.8 Å². The molecule has 0 unspecified atom stereocenters. The van der Waals surface area contributed by atoms with E-state index in [1.807, 2.05) is 53.6 Å². The number of carbonyl (C=O) groups excluding carboxylic acids is 1. The molecule has 134 valence electrons. The lowest BCUT2D eigenvalue weighted by molar-refractivity contribution is 0.0691. The molecule has 3 rings (SSSR count). The van der Waals surface area contributed by atoms with Gasteiger partial charge in [0.15, 0.2) is 10.6 Å². The molecule has 1 aliphatic rings. The number of amides is 1. The van der Waals surface area contributed by atoms with Crippen molar-refractivity contribution in [3.05, 3.63) is 35.1 Å². The van der Waals surface area contributed by atoms with E-state index >= 15 is 0 Å². The first-order valence-corrected chi connectivity index (χ1v) is 8.84. The van der Waals surface area contributed by atoms with Gasteiger partial charge in [-0.25, -0.2) is 9.48 Å². The van der Waals surface area contributed by atoms with E-state index in [0.29, 0.717) is 31.1 Å². The van der Waals surface area contributed by atoms with Crippen LogP contribution < -0.4 is 0 Å². The summed E-state index contributed by atoms with van der Waals surface area (Å²) < 4.78 is 9.51. The van der Waals surface area contributed by atoms with Crippen molar-refractivity contribution < 1.29 is 9.53 Å². The van der Waals surface area contributed by atoms with Crippen LogP contribution >= 0.6 is 12.2 Å². The second kappa shape index (κ2) is 7.79. The van der Waals surface area contributed by atoms with Crippen molar-refractivity contribution in [2.24, 2.45) is 7.05 Å². The van der Waals surface area contributed by atoms with E-state index in [2.05, 4.69) is 10.00 Å². The zero-order valence-corrected chi connectivity index (χ0v) is 15.4. The summed E-state index contributed by atoms with van der Waals surface area (Å²) in [4.78, 5) is 15.8. The van der Waals surface area contributed by atoms with E-state index in [1.165, 1.54) is 0 Å². The maximum Gasteiger partial charge on any atom is 0.409 e. The van der Waals surface area contributed by atoms with Crippen LogP contribution in [0.15, 0.2) is 30.3 Å². The highest BCUT2D eigenvalue weighted by Gasteiger charge is 2.22. The first-order chi connectivity index (χ1) is 12.1. The largest absolute Gasteiger partial charge is 0.450 e. The molecule has 0 atom stereocenters. The molecule has 1 fully saturated rings. The number of carbonyl (C=O) groups is 1. The maximum absolute atomic E-state index is 11.8. The molecule has 0 spiro atoms. The lowest BCUT2D eigenvalue weighted by Gasteiger charge is -2.33. The Hall–Kier alpha value is -2.19. The Bertz CT molecular complexity index is 778. The number of nitrogens with zero attached hydrogens (tertiary/aromatic N) is 5. The normalized spacial score (nSPS) is 15.4. The molecule has 7 nitrogen and oxygen atoms in total. The molecule has 1 amide bonds.